The fourth-order valence-electron chi connectivity index (χ4n) is 2.10. The second-order valence-electron chi connectivity index (χ2n) is 4.04. The van der Waals surface area contributed by atoms with Crippen LogP contribution in [0.3, 0.4) is 0 Å². The van der Waals surface area contributed by atoms with Crippen LogP contribution in [0.4, 0.5) is 5.82 Å². The third-order valence-electron chi connectivity index (χ3n) is 2.88. The molecule has 1 aromatic heterocycles. The van der Waals surface area contributed by atoms with E-state index < -0.39 is 0 Å². The lowest BCUT2D eigenvalue weighted by atomic mass is 10.2. The van der Waals surface area contributed by atoms with Crippen molar-refractivity contribution < 1.29 is 0 Å². The van der Waals surface area contributed by atoms with Gasteiger partial charge in [0.2, 0.25) is 0 Å². The average molecular weight is 270 g/mol. The first-order valence-corrected chi connectivity index (χ1v) is 6.10. The normalized spacial score (nSPS) is 21.0. The molecule has 1 aliphatic rings. The van der Waals surface area contributed by atoms with E-state index in [1.54, 1.807) is 0 Å². The molecule has 1 saturated heterocycles. The Morgan fingerprint density at radius 1 is 1.67 bits per heavy atom. The van der Waals surface area contributed by atoms with Crippen LogP contribution in [0.25, 0.3) is 0 Å². The maximum absolute atomic E-state index is 5.76. The van der Waals surface area contributed by atoms with Crippen molar-refractivity contribution >= 4 is 21.7 Å². The standard InChI is InChI=1S/C11H16BrN3/c1-8-5-10(12)11(14-7-8)15-4-2-3-9(15)6-13/h5,7,9H,2-4,6,13H2,1H3. The van der Waals surface area contributed by atoms with E-state index in [1.807, 2.05) is 13.1 Å². The van der Waals surface area contributed by atoms with E-state index in [0.29, 0.717) is 12.6 Å². The van der Waals surface area contributed by atoms with Crippen LogP contribution in [-0.2, 0) is 0 Å². The lowest BCUT2D eigenvalue weighted by Crippen LogP contribution is -2.36. The van der Waals surface area contributed by atoms with Crippen LogP contribution in [0.1, 0.15) is 18.4 Å². The summed E-state index contributed by atoms with van der Waals surface area (Å²) in [6.45, 7) is 3.82. The van der Waals surface area contributed by atoms with E-state index in [0.717, 1.165) is 16.8 Å². The third kappa shape index (κ3) is 2.16. The monoisotopic (exact) mass is 269 g/mol. The van der Waals surface area contributed by atoms with Crippen LogP contribution >= 0.6 is 15.9 Å². The molecular formula is C11H16BrN3. The first-order chi connectivity index (χ1) is 7.22. The summed E-state index contributed by atoms with van der Waals surface area (Å²) < 4.78 is 1.07. The molecule has 2 rings (SSSR count). The Labute approximate surface area is 98.8 Å². The first-order valence-electron chi connectivity index (χ1n) is 5.31. The summed E-state index contributed by atoms with van der Waals surface area (Å²) in [7, 11) is 0. The van der Waals surface area contributed by atoms with Crippen molar-refractivity contribution in [3.8, 4) is 0 Å². The molecule has 1 fully saturated rings. The lowest BCUT2D eigenvalue weighted by molar-refractivity contribution is 0.670. The zero-order valence-electron chi connectivity index (χ0n) is 8.91. The van der Waals surface area contributed by atoms with E-state index in [-0.39, 0.29) is 0 Å². The Kier molecular flexibility index (Phi) is 3.26. The number of nitrogens with two attached hydrogens (primary N) is 1. The fourth-order valence-corrected chi connectivity index (χ4v) is 2.79. The second-order valence-corrected chi connectivity index (χ2v) is 4.90. The molecule has 2 heterocycles. The molecule has 1 aromatic rings. The zero-order chi connectivity index (χ0) is 10.8. The van der Waals surface area contributed by atoms with Gasteiger partial charge in [-0.2, -0.15) is 0 Å². The Morgan fingerprint density at radius 2 is 2.47 bits per heavy atom. The van der Waals surface area contributed by atoms with Crippen LogP contribution in [0.5, 0.6) is 0 Å². The summed E-state index contributed by atoms with van der Waals surface area (Å²) in [4.78, 5) is 6.79. The van der Waals surface area contributed by atoms with Gasteiger partial charge in [-0.25, -0.2) is 4.98 Å². The number of halogens is 1. The van der Waals surface area contributed by atoms with Crippen molar-refractivity contribution in [2.75, 3.05) is 18.0 Å². The molecule has 1 unspecified atom stereocenters. The molecule has 1 atom stereocenters. The average Bonchev–Trinajstić information content (AvgIpc) is 2.65. The Balaban J connectivity index is 2.28. The first kappa shape index (κ1) is 10.9. The summed E-state index contributed by atoms with van der Waals surface area (Å²) in [5, 5.41) is 0. The van der Waals surface area contributed by atoms with Gasteiger partial charge in [0.15, 0.2) is 0 Å². The van der Waals surface area contributed by atoms with Crippen LogP contribution < -0.4 is 10.6 Å². The maximum atomic E-state index is 5.76. The molecule has 0 aromatic carbocycles. The van der Waals surface area contributed by atoms with Crippen LogP contribution in [-0.4, -0.2) is 24.1 Å². The van der Waals surface area contributed by atoms with Crippen LogP contribution in [0.2, 0.25) is 0 Å². The largest absolute Gasteiger partial charge is 0.351 e. The molecule has 0 bridgehead atoms. The molecule has 15 heavy (non-hydrogen) atoms. The van der Waals surface area contributed by atoms with E-state index in [1.165, 1.54) is 18.4 Å². The molecule has 1 aliphatic heterocycles. The SMILES string of the molecule is Cc1cnc(N2CCCC2CN)c(Br)c1. The molecule has 0 saturated carbocycles. The molecule has 2 N–H and O–H groups in total. The van der Waals surface area contributed by atoms with Gasteiger partial charge in [-0.15, -0.1) is 0 Å². The van der Waals surface area contributed by atoms with Gasteiger partial charge in [-0.3, -0.25) is 0 Å². The van der Waals surface area contributed by atoms with Gasteiger partial charge in [-0.05, 0) is 47.3 Å². The number of hydrogen-bond donors (Lipinski definition) is 1. The van der Waals surface area contributed by atoms with Crippen molar-refractivity contribution in [2.24, 2.45) is 5.73 Å². The van der Waals surface area contributed by atoms with E-state index in [2.05, 4.69) is 31.9 Å². The van der Waals surface area contributed by atoms with Crippen molar-refractivity contribution in [2.45, 2.75) is 25.8 Å². The molecule has 0 radical (unpaired) electrons. The highest BCUT2D eigenvalue weighted by Gasteiger charge is 2.25. The third-order valence-corrected chi connectivity index (χ3v) is 3.46. The Hall–Kier alpha value is -0.610. The quantitative estimate of drug-likeness (QED) is 0.894. The van der Waals surface area contributed by atoms with Crippen molar-refractivity contribution in [1.82, 2.24) is 4.98 Å². The predicted molar refractivity (Wildman–Crippen MR) is 66.1 cm³/mol. The number of rotatable bonds is 2. The van der Waals surface area contributed by atoms with Gasteiger partial charge >= 0.3 is 0 Å². The minimum Gasteiger partial charge on any atom is -0.351 e. The molecular weight excluding hydrogens is 254 g/mol. The molecule has 0 amide bonds. The summed E-state index contributed by atoms with van der Waals surface area (Å²) in [5.74, 6) is 1.04. The molecule has 3 nitrogen and oxygen atoms in total. The van der Waals surface area contributed by atoms with Crippen molar-refractivity contribution in [1.29, 1.82) is 0 Å². The van der Waals surface area contributed by atoms with Gasteiger partial charge in [0.25, 0.3) is 0 Å². The predicted octanol–water partition coefficient (Wildman–Crippen LogP) is 2.08. The number of aromatic nitrogens is 1. The smallest absolute Gasteiger partial charge is 0.143 e. The number of pyridine rings is 1. The Bertz CT molecular complexity index is 354. The Morgan fingerprint density at radius 3 is 3.13 bits per heavy atom. The topological polar surface area (TPSA) is 42.2 Å². The number of nitrogens with zero attached hydrogens (tertiary/aromatic N) is 2. The summed E-state index contributed by atoms with van der Waals surface area (Å²) in [5.41, 5.74) is 6.93. The van der Waals surface area contributed by atoms with Crippen molar-refractivity contribution in [3.05, 3.63) is 22.3 Å². The minimum atomic E-state index is 0.455. The van der Waals surface area contributed by atoms with E-state index in [4.69, 9.17) is 5.73 Å². The van der Waals surface area contributed by atoms with E-state index >= 15 is 0 Å². The fraction of sp³-hybridized carbons (Fsp3) is 0.545. The van der Waals surface area contributed by atoms with Gasteiger partial charge in [0, 0.05) is 25.3 Å². The highest BCUT2D eigenvalue weighted by Crippen LogP contribution is 2.30. The number of aryl methyl sites for hydroxylation is 1. The molecule has 82 valence electrons. The molecule has 0 aliphatic carbocycles. The van der Waals surface area contributed by atoms with Crippen molar-refractivity contribution in [3.63, 3.8) is 0 Å². The second kappa shape index (κ2) is 4.49. The van der Waals surface area contributed by atoms with E-state index in [9.17, 15) is 0 Å². The maximum Gasteiger partial charge on any atom is 0.143 e. The highest BCUT2D eigenvalue weighted by atomic mass is 79.9. The number of hydrogen-bond acceptors (Lipinski definition) is 3. The number of anilines is 1. The minimum absolute atomic E-state index is 0.455. The lowest BCUT2D eigenvalue weighted by Gasteiger charge is -2.25. The summed E-state index contributed by atoms with van der Waals surface area (Å²) in [6, 6.07) is 2.56. The highest BCUT2D eigenvalue weighted by molar-refractivity contribution is 9.10. The summed E-state index contributed by atoms with van der Waals surface area (Å²) >= 11 is 3.57. The summed E-state index contributed by atoms with van der Waals surface area (Å²) in [6.07, 6.45) is 4.30. The molecule has 0 spiro atoms. The van der Waals surface area contributed by atoms with Gasteiger partial charge in [-0.1, -0.05) is 0 Å². The van der Waals surface area contributed by atoms with Crippen LogP contribution in [0, 0.1) is 6.92 Å². The van der Waals surface area contributed by atoms with Gasteiger partial charge in [0.05, 0.1) is 4.47 Å². The van der Waals surface area contributed by atoms with Gasteiger partial charge < -0.3 is 10.6 Å². The molecule has 4 heteroatoms. The van der Waals surface area contributed by atoms with Crippen LogP contribution in [0.15, 0.2) is 16.7 Å². The zero-order valence-corrected chi connectivity index (χ0v) is 10.5. The van der Waals surface area contributed by atoms with Gasteiger partial charge in [0.1, 0.15) is 5.82 Å².